The maximum atomic E-state index is 12.8. The second-order valence-corrected chi connectivity index (χ2v) is 8.03. The molecule has 0 bridgehead atoms. The molecule has 3 rings (SSSR count). The van der Waals surface area contributed by atoms with Gasteiger partial charge in [0.25, 0.3) is 5.91 Å². The summed E-state index contributed by atoms with van der Waals surface area (Å²) in [7, 11) is -1.74. The van der Waals surface area contributed by atoms with Crippen LogP contribution in [0.25, 0.3) is 0 Å². The summed E-state index contributed by atoms with van der Waals surface area (Å²) in [5, 5.41) is 6.44. The van der Waals surface area contributed by atoms with E-state index in [1.165, 1.54) is 24.3 Å². The van der Waals surface area contributed by atoms with Crippen molar-refractivity contribution in [1.82, 2.24) is 9.59 Å². The molecule has 5 nitrogen and oxygen atoms in total. The van der Waals surface area contributed by atoms with Gasteiger partial charge in [0.1, 0.15) is 0 Å². The van der Waals surface area contributed by atoms with Crippen LogP contribution in [-0.2, 0) is 17.0 Å². The average molecular weight is 432 g/mol. The van der Waals surface area contributed by atoms with E-state index >= 15 is 0 Å². The van der Waals surface area contributed by atoms with E-state index in [1.54, 1.807) is 12.1 Å². The summed E-state index contributed by atoms with van der Waals surface area (Å²) in [6.45, 7) is 0. The number of nitrogens with zero attached hydrogens (tertiary/aromatic N) is 2. The van der Waals surface area contributed by atoms with Crippen molar-refractivity contribution in [3.63, 3.8) is 0 Å². The van der Waals surface area contributed by atoms with Gasteiger partial charge < -0.3 is 5.32 Å². The van der Waals surface area contributed by atoms with Crippen molar-refractivity contribution >= 4 is 45.5 Å². The van der Waals surface area contributed by atoms with Crippen molar-refractivity contribution in [2.24, 2.45) is 0 Å². The molecule has 11 heteroatoms. The van der Waals surface area contributed by atoms with E-state index in [0.29, 0.717) is 9.92 Å². The number of hydrogen-bond acceptors (Lipinski definition) is 5. The average Bonchev–Trinajstić information content (AvgIpc) is 3.11. The van der Waals surface area contributed by atoms with Gasteiger partial charge in [-0.15, -0.1) is 5.10 Å². The molecule has 0 aliphatic rings. The zero-order chi connectivity index (χ0) is 19.6. The Labute approximate surface area is 162 Å². The zero-order valence-electron chi connectivity index (χ0n) is 13.2. The van der Waals surface area contributed by atoms with Gasteiger partial charge in [-0.2, -0.15) is 13.2 Å². The highest BCUT2D eigenvalue weighted by molar-refractivity contribution is 7.87. The Morgan fingerprint density at radius 3 is 2.52 bits per heavy atom. The molecule has 3 aromatic rings. The van der Waals surface area contributed by atoms with Gasteiger partial charge in [-0.3, -0.25) is 4.79 Å². The summed E-state index contributed by atoms with van der Waals surface area (Å²) in [5.74, 6) is -0.805. The topological polar surface area (TPSA) is 72.0 Å². The Bertz CT molecular complexity index is 1010. The summed E-state index contributed by atoms with van der Waals surface area (Å²) >= 11 is 6.56. The maximum absolute atomic E-state index is 12.8. The molecule has 0 unspecified atom stereocenters. The lowest BCUT2D eigenvalue weighted by atomic mass is 10.2. The lowest BCUT2D eigenvalue weighted by molar-refractivity contribution is -0.137. The lowest BCUT2D eigenvalue weighted by Crippen LogP contribution is -2.15. The van der Waals surface area contributed by atoms with E-state index in [1.807, 2.05) is 0 Å². The predicted octanol–water partition coefficient (Wildman–Crippen LogP) is 4.63. The summed E-state index contributed by atoms with van der Waals surface area (Å²) < 4.78 is 54.7. The van der Waals surface area contributed by atoms with Gasteiger partial charge >= 0.3 is 6.18 Å². The molecule has 0 radical (unpaired) electrons. The molecule has 2 aromatic carbocycles. The Kier molecular flexibility index (Phi) is 5.59. The second-order valence-electron chi connectivity index (χ2n) is 5.16. The molecule has 1 N–H and O–H groups in total. The number of alkyl halides is 3. The number of amides is 1. The number of hydrogen-bond donors (Lipinski definition) is 1. The predicted molar refractivity (Wildman–Crippen MR) is 95.4 cm³/mol. The molecule has 27 heavy (non-hydrogen) atoms. The summed E-state index contributed by atoms with van der Waals surface area (Å²) in [6.07, 6.45) is -4.54. The monoisotopic (exact) mass is 431 g/mol. The van der Waals surface area contributed by atoms with Crippen LogP contribution in [0.4, 0.5) is 18.9 Å². The molecule has 0 aliphatic carbocycles. The number of halogens is 4. The van der Waals surface area contributed by atoms with E-state index < -0.39 is 28.4 Å². The van der Waals surface area contributed by atoms with Gasteiger partial charge in [-0.1, -0.05) is 22.2 Å². The van der Waals surface area contributed by atoms with E-state index in [-0.39, 0.29) is 15.6 Å². The number of anilines is 1. The smallest absolute Gasteiger partial charge is 0.321 e. The van der Waals surface area contributed by atoms with Crippen LogP contribution in [0.2, 0.25) is 5.02 Å². The van der Waals surface area contributed by atoms with Crippen molar-refractivity contribution < 1.29 is 22.2 Å². The molecular weight excluding hydrogens is 423 g/mol. The molecule has 1 heterocycles. The first kappa shape index (κ1) is 19.5. The van der Waals surface area contributed by atoms with Crippen LogP contribution in [0.15, 0.2) is 57.6 Å². The molecule has 0 saturated carbocycles. The largest absolute Gasteiger partial charge is 0.416 e. The Morgan fingerprint density at radius 1 is 1.15 bits per heavy atom. The van der Waals surface area contributed by atoms with Gasteiger partial charge in [0, 0.05) is 15.6 Å². The molecule has 1 aromatic heterocycles. The number of rotatable bonds is 4. The molecule has 140 valence electrons. The molecule has 0 spiro atoms. The maximum Gasteiger partial charge on any atom is 0.416 e. The number of aromatic nitrogens is 2. The Balaban J connectivity index is 1.84. The van der Waals surface area contributed by atoms with Gasteiger partial charge in [-0.25, -0.2) is 4.21 Å². The molecule has 0 fully saturated rings. The standard InChI is InChI=1S/C16H9ClF3N3O2S2/c17-10-4-6-12(7-5-10)27(25)15-13(22-23-26-15)14(24)21-11-3-1-2-9(8-11)16(18,19)20/h1-8H,(H,21,24)/t27-/m1/s1. The number of carbonyl (C=O) groups is 1. The minimum atomic E-state index is -4.54. The third kappa shape index (κ3) is 4.52. The molecule has 0 aliphatic heterocycles. The molecule has 0 saturated heterocycles. The summed E-state index contributed by atoms with van der Waals surface area (Å²) in [5.41, 5.74) is -1.18. The second kappa shape index (κ2) is 7.75. The first-order valence-electron chi connectivity index (χ1n) is 7.24. The van der Waals surface area contributed by atoms with E-state index in [9.17, 15) is 22.2 Å². The van der Waals surface area contributed by atoms with E-state index in [4.69, 9.17) is 11.6 Å². The Hall–Kier alpha value is -2.30. The summed E-state index contributed by atoms with van der Waals surface area (Å²) in [4.78, 5) is 12.8. The highest BCUT2D eigenvalue weighted by Gasteiger charge is 2.30. The highest BCUT2D eigenvalue weighted by atomic mass is 35.5. The SMILES string of the molecule is O=C(Nc1cccc(C(F)(F)F)c1)c1nnsc1[S@](=O)c1ccc(Cl)cc1. The minimum Gasteiger partial charge on any atom is -0.321 e. The van der Waals surface area contributed by atoms with Crippen LogP contribution in [0.1, 0.15) is 16.1 Å². The van der Waals surface area contributed by atoms with Gasteiger partial charge in [0.15, 0.2) is 9.90 Å². The van der Waals surface area contributed by atoms with Crippen LogP contribution in [0, 0.1) is 0 Å². The van der Waals surface area contributed by atoms with Crippen molar-refractivity contribution in [3.8, 4) is 0 Å². The molecule has 1 amide bonds. The first-order chi connectivity index (χ1) is 12.8. The van der Waals surface area contributed by atoms with Crippen LogP contribution < -0.4 is 5.32 Å². The van der Waals surface area contributed by atoms with Crippen LogP contribution in [0.3, 0.4) is 0 Å². The number of benzene rings is 2. The third-order valence-corrected chi connectivity index (χ3v) is 6.00. The summed E-state index contributed by atoms with van der Waals surface area (Å²) in [6, 6.07) is 10.3. The zero-order valence-corrected chi connectivity index (χ0v) is 15.5. The van der Waals surface area contributed by atoms with E-state index in [2.05, 4.69) is 14.9 Å². The van der Waals surface area contributed by atoms with Crippen LogP contribution in [0.5, 0.6) is 0 Å². The first-order valence-corrected chi connectivity index (χ1v) is 9.54. The number of carbonyl (C=O) groups excluding carboxylic acids is 1. The molecular formula is C16H9ClF3N3O2S2. The Morgan fingerprint density at radius 2 is 1.85 bits per heavy atom. The highest BCUT2D eigenvalue weighted by Crippen LogP contribution is 2.31. The van der Waals surface area contributed by atoms with Crippen molar-refractivity contribution in [2.75, 3.05) is 5.32 Å². The third-order valence-electron chi connectivity index (χ3n) is 3.32. The quantitative estimate of drug-likeness (QED) is 0.653. The fourth-order valence-electron chi connectivity index (χ4n) is 2.07. The van der Waals surface area contributed by atoms with Crippen molar-refractivity contribution in [2.45, 2.75) is 15.3 Å². The van der Waals surface area contributed by atoms with Crippen LogP contribution >= 0.6 is 23.1 Å². The molecule has 1 atom stereocenters. The van der Waals surface area contributed by atoms with Gasteiger partial charge in [0.2, 0.25) is 0 Å². The fourth-order valence-corrected chi connectivity index (χ4v) is 4.18. The van der Waals surface area contributed by atoms with Crippen molar-refractivity contribution in [1.29, 1.82) is 0 Å². The lowest BCUT2D eigenvalue weighted by Gasteiger charge is -2.09. The number of nitrogens with one attached hydrogen (secondary N) is 1. The van der Waals surface area contributed by atoms with Gasteiger partial charge in [0.05, 0.1) is 16.4 Å². The van der Waals surface area contributed by atoms with E-state index in [0.717, 1.165) is 23.7 Å². The van der Waals surface area contributed by atoms with Gasteiger partial charge in [-0.05, 0) is 54.0 Å². The van der Waals surface area contributed by atoms with Crippen molar-refractivity contribution in [3.05, 3.63) is 64.8 Å². The van der Waals surface area contributed by atoms with Crippen LogP contribution in [-0.4, -0.2) is 19.7 Å². The minimum absolute atomic E-state index is 0.0638. The fraction of sp³-hybridized carbons (Fsp3) is 0.0625. The normalized spacial score (nSPS) is 12.6.